The van der Waals surface area contributed by atoms with Gasteiger partial charge < -0.3 is 0 Å². The third-order valence-electron chi connectivity index (χ3n) is 3.91. The van der Waals surface area contributed by atoms with E-state index in [4.69, 9.17) is 23.2 Å². The van der Waals surface area contributed by atoms with Crippen LogP contribution in [0.2, 0.25) is 10.0 Å². The van der Waals surface area contributed by atoms with E-state index in [0.29, 0.717) is 41.2 Å². The lowest BCUT2D eigenvalue weighted by Gasteiger charge is -2.24. The van der Waals surface area contributed by atoms with Crippen molar-refractivity contribution in [3.05, 3.63) is 28.2 Å². The van der Waals surface area contributed by atoms with Gasteiger partial charge in [0.05, 0.1) is 5.02 Å². The zero-order valence-corrected chi connectivity index (χ0v) is 12.9. The molecule has 0 bridgehead atoms. The van der Waals surface area contributed by atoms with Gasteiger partial charge in [-0.3, -0.25) is 0 Å². The summed E-state index contributed by atoms with van der Waals surface area (Å²) in [7, 11) is 0. The van der Waals surface area contributed by atoms with Gasteiger partial charge >= 0.3 is 0 Å². The Morgan fingerprint density at radius 1 is 1.19 bits per heavy atom. The standard InChI is InChI=1S/C14H15Cl2FN4/c15-10-3-6-12(13(16)7-10)14-18-19-20-21(14)8-9-1-4-11(17)5-2-9/h3,6-7,9,11H,1-2,4-5,8H2. The molecule has 4 nitrogen and oxygen atoms in total. The number of benzene rings is 1. The van der Waals surface area contributed by atoms with E-state index in [1.165, 1.54) is 0 Å². The number of nitrogens with zero attached hydrogens (tertiary/aromatic N) is 4. The first-order valence-electron chi connectivity index (χ1n) is 6.99. The van der Waals surface area contributed by atoms with E-state index in [1.54, 1.807) is 16.8 Å². The van der Waals surface area contributed by atoms with E-state index in [0.717, 1.165) is 18.4 Å². The summed E-state index contributed by atoms with van der Waals surface area (Å²) in [5.74, 6) is 1.03. The van der Waals surface area contributed by atoms with Crippen molar-refractivity contribution in [1.29, 1.82) is 0 Å². The molecular formula is C14H15Cl2FN4. The number of hydrogen-bond acceptors (Lipinski definition) is 3. The summed E-state index contributed by atoms with van der Waals surface area (Å²) in [6, 6.07) is 5.24. The number of halogens is 3. The highest BCUT2D eigenvalue weighted by Crippen LogP contribution is 2.31. The third-order valence-corrected chi connectivity index (χ3v) is 4.46. The van der Waals surface area contributed by atoms with E-state index in [2.05, 4.69) is 15.5 Å². The number of alkyl halides is 1. The average Bonchev–Trinajstić information content (AvgIpc) is 2.89. The molecular weight excluding hydrogens is 314 g/mol. The van der Waals surface area contributed by atoms with Crippen molar-refractivity contribution in [2.75, 3.05) is 0 Å². The zero-order chi connectivity index (χ0) is 14.8. The van der Waals surface area contributed by atoms with Crippen molar-refractivity contribution >= 4 is 23.2 Å². The van der Waals surface area contributed by atoms with Crippen LogP contribution < -0.4 is 0 Å². The highest BCUT2D eigenvalue weighted by Gasteiger charge is 2.23. The van der Waals surface area contributed by atoms with Gasteiger partial charge in [0.15, 0.2) is 5.82 Å². The minimum Gasteiger partial charge on any atom is -0.247 e. The van der Waals surface area contributed by atoms with E-state index in [1.807, 2.05) is 6.07 Å². The first-order chi connectivity index (χ1) is 10.1. The molecule has 0 saturated heterocycles. The minimum absolute atomic E-state index is 0.408. The Morgan fingerprint density at radius 2 is 1.95 bits per heavy atom. The van der Waals surface area contributed by atoms with Gasteiger partial charge in [0.1, 0.15) is 6.17 Å². The van der Waals surface area contributed by atoms with Crippen LogP contribution in [-0.4, -0.2) is 26.4 Å². The van der Waals surface area contributed by atoms with Gasteiger partial charge in [-0.1, -0.05) is 23.2 Å². The number of rotatable bonds is 3. The second-order valence-corrected chi connectivity index (χ2v) is 6.27. The second kappa shape index (κ2) is 6.28. The molecule has 0 aliphatic heterocycles. The maximum absolute atomic E-state index is 13.2. The number of aromatic nitrogens is 4. The molecule has 0 unspecified atom stereocenters. The Bertz CT molecular complexity index is 623. The summed E-state index contributed by atoms with van der Waals surface area (Å²) >= 11 is 12.1. The van der Waals surface area contributed by atoms with Crippen LogP contribution in [0.15, 0.2) is 18.2 Å². The summed E-state index contributed by atoms with van der Waals surface area (Å²) in [4.78, 5) is 0. The van der Waals surface area contributed by atoms with Crippen LogP contribution in [0.25, 0.3) is 11.4 Å². The summed E-state index contributed by atoms with van der Waals surface area (Å²) in [6.07, 6.45) is 2.34. The molecule has 2 aromatic rings. The van der Waals surface area contributed by atoms with Crippen LogP contribution in [0.3, 0.4) is 0 Å². The first-order valence-corrected chi connectivity index (χ1v) is 7.74. The smallest absolute Gasteiger partial charge is 0.183 e. The lowest BCUT2D eigenvalue weighted by atomic mass is 9.88. The summed E-state index contributed by atoms with van der Waals surface area (Å²) in [6.45, 7) is 0.689. The molecule has 1 heterocycles. The Hall–Kier alpha value is -1.20. The Labute approximate surface area is 132 Å². The molecule has 0 atom stereocenters. The van der Waals surface area contributed by atoms with Crippen molar-refractivity contribution in [2.45, 2.75) is 38.4 Å². The fraction of sp³-hybridized carbons (Fsp3) is 0.500. The summed E-state index contributed by atoms with van der Waals surface area (Å²) in [5.41, 5.74) is 0.755. The molecule has 1 fully saturated rings. The van der Waals surface area contributed by atoms with E-state index in [-0.39, 0.29) is 0 Å². The fourth-order valence-corrected chi connectivity index (χ4v) is 3.23. The van der Waals surface area contributed by atoms with Crippen molar-refractivity contribution in [1.82, 2.24) is 20.2 Å². The normalized spacial score (nSPS) is 22.4. The molecule has 0 N–H and O–H groups in total. The molecule has 0 amide bonds. The van der Waals surface area contributed by atoms with Gasteiger partial charge in [-0.15, -0.1) is 5.10 Å². The number of hydrogen-bond donors (Lipinski definition) is 0. The highest BCUT2D eigenvalue weighted by atomic mass is 35.5. The van der Waals surface area contributed by atoms with Crippen LogP contribution in [-0.2, 0) is 6.54 Å². The van der Waals surface area contributed by atoms with Gasteiger partial charge in [-0.05, 0) is 60.2 Å². The van der Waals surface area contributed by atoms with E-state index in [9.17, 15) is 4.39 Å². The molecule has 3 rings (SSSR count). The van der Waals surface area contributed by atoms with Gasteiger partial charge in [0, 0.05) is 17.1 Å². The summed E-state index contributed by atoms with van der Waals surface area (Å²) < 4.78 is 14.9. The number of tetrazole rings is 1. The molecule has 0 spiro atoms. The Morgan fingerprint density at radius 3 is 2.67 bits per heavy atom. The van der Waals surface area contributed by atoms with Gasteiger partial charge in [-0.2, -0.15) is 0 Å². The molecule has 7 heteroatoms. The predicted molar refractivity (Wildman–Crippen MR) is 80.1 cm³/mol. The van der Waals surface area contributed by atoms with Crippen LogP contribution in [0, 0.1) is 5.92 Å². The molecule has 112 valence electrons. The fourth-order valence-electron chi connectivity index (χ4n) is 2.74. The van der Waals surface area contributed by atoms with Crippen molar-refractivity contribution in [3.63, 3.8) is 0 Å². The molecule has 21 heavy (non-hydrogen) atoms. The Kier molecular flexibility index (Phi) is 4.40. The topological polar surface area (TPSA) is 43.6 Å². The second-order valence-electron chi connectivity index (χ2n) is 5.43. The SMILES string of the molecule is FC1CCC(Cn2nnnc2-c2ccc(Cl)cc2Cl)CC1. The average molecular weight is 329 g/mol. The molecule has 1 saturated carbocycles. The van der Waals surface area contributed by atoms with Crippen LogP contribution >= 0.6 is 23.2 Å². The highest BCUT2D eigenvalue weighted by molar-refractivity contribution is 6.36. The third kappa shape index (κ3) is 3.35. The van der Waals surface area contributed by atoms with Crippen molar-refractivity contribution < 1.29 is 4.39 Å². The molecule has 1 aliphatic rings. The maximum Gasteiger partial charge on any atom is 0.183 e. The van der Waals surface area contributed by atoms with Crippen LogP contribution in [0.1, 0.15) is 25.7 Å². The molecule has 0 radical (unpaired) electrons. The monoisotopic (exact) mass is 328 g/mol. The quantitative estimate of drug-likeness (QED) is 0.849. The van der Waals surface area contributed by atoms with Crippen LogP contribution in [0.4, 0.5) is 4.39 Å². The lowest BCUT2D eigenvalue weighted by Crippen LogP contribution is -2.20. The maximum atomic E-state index is 13.2. The minimum atomic E-state index is -0.652. The van der Waals surface area contributed by atoms with Gasteiger partial charge in [0.2, 0.25) is 0 Å². The summed E-state index contributed by atoms with van der Waals surface area (Å²) in [5, 5.41) is 12.9. The van der Waals surface area contributed by atoms with Gasteiger partial charge in [-0.25, -0.2) is 9.07 Å². The van der Waals surface area contributed by atoms with E-state index >= 15 is 0 Å². The van der Waals surface area contributed by atoms with Crippen molar-refractivity contribution in [2.24, 2.45) is 5.92 Å². The molecule has 1 aromatic carbocycles. The zero-order valence-electron chi connectivity index (χ0n) is 11.3. The lowest BCUT2D eigenvalue weighted by molar-refractivity contribution is 0.192. The predicted octanol–water partition coefficient (Wildman–Crippen LogP) is 4.18. The molecule has 1 aliphatic carbocycles. The van der Waals surface area contributed by atoms with Crippen LogP contribution in [0.5, 0.6) is 0 Å². The van der Waals surface area contributed by atoms with Crippen molar-refractivity contribution in [3.8, 4) is 11.4 Å². The van der Waals surface area contributed by atoms with E-state index < -0.39 is 6.17 Å². The molecule has 1 aromatic heterocycles. The van der Waals surface area contributed by atoms with Gasteiger partial charge in [0.25, 0.3) is 0 Å². The first kappa shape index (κ1) is 14.7. The largest absolute Gasteiger partial charge is 0.247 e. The Balaban J connectivity index is 1.80.